The fraction of sp³-hybridized carbons (Fsp3) is 0.0769. The quantitative estimate of drug-likeness (QED) is 0.742. The van der Waals surface area contributed by atoms with Gasteiger partial charge in [-0.15, -0.1) is 0 Å². The van der Waals surface area contributed by atoms with Crippen molar-refractivity contribution in [1.82, 2.24) is 4.72 Å². The van der Waals surface area contributed by atoms with Crippen molar-refractivity contribution in [3.05, 3.63) is 46.4 Å². The molecule has 0 unspecified atom stereocenters. The summed E-state index contributed by atoms with van der Waals surface area (Å²) in [5.41, 5.74) is 7.21. The molecule has 0 saturated carbocycles. The van der Waals surface area contributed by atoms with Gasteiger partial charge in [-0.3, -0.25) is 0 Å². The van der Waals surface area contributed by atoms with E-state index in [1.807, 2.05) is 0 Å². The molecule has 2 aromatic carbocycles. The van der Waals surface area contributed by atoms with Gasteiger partial charge < -0.3 is 11.1 Å². The molecule has 2 rings (SSSR count). The van der Waals surface area contributed by atoms with E-state index in [2.05, 4.69) is 10.0 Å². The molecule has 0 saturated heterocycles. The van der Waals surface area contributed by atoms with Gasteiger partial charge in [0.2, 0.25) is 10.0 Å². The molecule has 0 aliphatic heterocycles. The molecule has 0 radical (unpaired) electrons. The summed E-state index contributed by atoms with van der Waals surface area (Å²) >= 11 is 12.0. The van der Waals surface area contributed by atoms with Crippen LogP contribution >= 0.6 is 23.2 Å². The molecule has 0 fully saturated rings. The van der Waals surface area contributed by atoms with Gasteiger partial charge >= 0.3 is 0 Å². The fourth-order valence-corrected chi connectivity index (χ4v) is 2.76. The molecule has 0 spiro atoms. The summed E-state index contributed by atoms with van der Waals surface area (Å²) < 4.78 is 25.9. The Morgan fingerprint density at radius 2 is 1.76 bits per heavy atom. The monoisotopic (exact) mass is 345 g/mol. The van der Waals surface area contributed by atoms with Crippen LogP contribution in [0.2, 0.25) is 10.0 Å². The van der Waals surface area contributed by atoms with Crippen LogP contribution in [-0.4, -0.2) is 15.5 Å². The summed E-state index contributed by atoms with van der Waals surface area (Å²) in [6.45, 7) is 0. The first-order valence-corrected chi connectivity index (χ1v) is 8.12. The van der Waals surface area contributed by atoms with Gasteiger partial charge in [-0.25, -0.2) is 13.1 Å². The average Bonchev–Trinajstić information content (AvgIpc) is 2.45. The van der Waals surface area contributed by atoms with Gasteiger partial charge in [-0.2, -0.15) is 0 Å². The molecule has 0 aliphatic carbocycles. The summed E-state index contributed by atoms with van der Waals surface area (Å²) in [4.78, 5) is 0.0971. The van der Waals surface area contributed by atoms with Crippen LogP contribution in [0.5, 0.6) is 0 Å². The summed E-state index contributed by atoms with van der Waals surface area (Å²) in [5, 5.41) is 3.93. The molecule has 112 valence electrons. The fourth-order valence-electron chi connectivity index (χ4n) is 1.67. The van der Waals surface area contributed by atoms with Crippen molar-refractivity contribution in [2.45, 2.75) is 4.90 Å². The Labute approximate surface area is 133 Å². The largest absolute Gasteiger partial charge is 0.397 e. The Hall–Kier alpha value is -1.47. The standard InChI is InChI=1S/C13H13Cl2N3O2S/c1-17-21(19,20)9-3-5-11(16)13(7-9)18-12-6-8(14)2-4-10(12)15/h2-7,17-18H,16H2,1H3. The summed E-state index contributed by atoms with van der Waals surface area (Å²) in [7, 11) is -2.21. The van der Waals surface area contributed by atoms with Gasteiger partial charge in [0.1, 0.15) is 0 Å². The number of nitrogen functional groups attached to an aromatic ring is 1. The van der Waals surface area contributed by atoms with Crippen LogP contribution in [0.3, 0.4) is 0 Å². The predicted octanol–water partition coefficient (Wildman–Crippen LogP) is 3.23. The number of nitrogens with one attached hydrogen (secondary N) is 2. The highest BCUT2D eigenvalue weighted by atomic mass is 35.5. The number of sulfonamides is 1. The minimum atomic E-state index is -3.55. The number of hydrogen-bond acceptors (Lipinski definition) is 4. The molecule has 2 aromatic rings. The number of anilines is 3. The second-order valence-corrected chi connectivity index (χ2v) is 6.94. The molecule has 4 N–H and O–H groups in total. The van der Waals surface area contributed by atoms with Crippen molar-refractivity contribution in [3.8, 4) is 0 Å². The number of benzene rings is 2. The van der Waals surface area contributed by atoms with Crippen molar-refractivity contribution >= 4 is 50.3 Å². The van der Waals surface area contributed by atoms with E-state index in [9.17, 15) is 8.42 Å². The molecule has 8 heteroatoms. The highest BCUT2D eigenvalue weighted by Crippen LogP contribution is 2.31. The first kappa shape index (κ1) is 15.9. The first-order chi connectivity index (χ1) is 9.83. The molecule has 0 aromatic heterocycles. The summed E-state index contributed by atoms with van der Waals surface area (Å²) in [5.74, 6) is 0. The molecule has 0 amide bonds. The van der Waals surface area contributed by atoms with E-state index in [4.69, 9.17) is 28.9 Å². The van der Waals surface area contributed by atoms with Crippen LogP contribution in [0, 0.1) is 0 Å². The van der Waals surface area contributed by atoms with Gasteiger partial charge in [0, 0.05) is 5.02 Å². The van der Waals surface area contributed by atoms with E-state index >= 15 is 0 Å². The lowest BCUT2D eigenvalue weighted by atomic mass is 10.2. The van der Waals surface area contributed by atoms with Crippen LogP contribution in [0.15, 0.2) is 41.3 Å². The van der Waals surface area contributed by atoms with Crippen molar-refractivity contribution in [3.63, 3.8) is 0 Å². The Balaban J connectivity index is 2.45. The van der Waals surface area contributed by atoms with E-state index in [0.29, 0.717) is 27.1 Å². The smallest absolute Gasteiger partial charge is 0.240 e. The topological polar surface area (TPSA) is 84.2 Å². The Morgan fingerprint density at radius 3 is 2.43 bits per heavy atom. The van der Waals surface area contributed by atoms with Gasteiger partial charge in [0.05, 0.1) is 27.0 Å². The van der Waals surface area contributed by atoms with E-state index in [1.54, 1.807) is 18.2 Å². The van der Waals surface area contributed by atoms with E-state index in [-0.39, 0.29) is 4.90 Å². The van der Waals surface area contributed by atoms with Gasteiger partial charge in [-0.05, 0) is 43.4 Å². The molecule has 0 bridgehead atoms. The number of halogens is 2. The maximum absolute atomic E-state index is 11.8. The normalized spacial score (nSPS) is 11.4. The minimum absolute atomic E-state index is 0.0971. The van der Waals surface area contributed by atoms with Crippen LogP contribution in [0.25, 0.3) is 0 Å². The second kappa shape index (κ2) is 6.11. The Morgan fingerprint density at radius 1 is 1.05 bits per heavy atom. The van der Waals surface area contributed by atoms with Crippen molar-refractivity contribution in [2.24, 2.45) is 0 Å². The molecular formula is C13H13Cl2N3O2S. The third-order valence-electron chi connectivity index (χ3n) is 2.80. The van der Waals surface area contributed by atoms with Crippen LogP contribution in [0.4, 0.5) is 17.1 Å². The molecule has 0 aliphatic rings. The van der Waals surface area contributed by atoms with Crippen molar-refractivity contribution in [1.29, 1.82) is 0 Å². The lowest BCUT2D eigenvalue weighted by molar-refractivity contribution is 0.588. The molecular weight excluding hydrogens is 333 g/mol. The van der Waals surface area contributed by atoms with Crippen LogP contribution in [-0.2, 0) is 10.0 Å². The van der Waals surface area contributed by atoms with Crippen LogP contribution in [0.1, 0.15) is 0 Å². The van der Waals surface area contributed by atoms with Gasteiger partial charge in [0.15, 0.2) is 0 Å². The predicted molar refractivity (Wildman–Crippen MR) is 86.8 cm³/mol. The molecule has 0 atom stereocenters. The highest BCUT2D eigenvalue weighted by molar-refractivity contribution is 7.89. The zero-order valence-corrected chi connectivity index (χ0v) is 13.4. The van der Waals surface area contributed by atoms with Crippen LogP contribution < -0.4 is 15.8 Å². The zero-order valence-electron chi connectivity index (χ0n) is 11.0. The number of hydrogen-bond donors (Lipinski definition) is 3. The number of rotatable bonds is 4. The zero-order chi connectivity index (χ0) is 15.6. The van der Waals surface area contributed by atoms with E-state index < -0.39 is 10.0 Å². The molecule has 5 nitrogen and oxygen atoms in total. The van der Waals surface area contributed by atoms with E-state index in [1.165, 1.54) is 25.2 Å². The molecule has 21 heavy (non-hydrogen) atoms. The van der Waals surface area contributed by atoms with E-state index in [0.717, 1.165) is 0 Å². The first-order valence-electron chi connectivity index (χ1n) is 5.88. The van der Waals surface area contributed by atoms with Crippen molar-refractivity contribution < 1.29 is 8.42 Å². The Bertz CT molecular complexity index is 779. The number of nitrogens with two attached hydrogens (primary N) is 1. The summed E-state index contributed by atoms with van der Waals surface area (Å²) in [6, 6.07) is 9.27. The van der Waals surface area contributed by atoms with Gasteiger partial charge in [-0.1, -0.05) is 23.2 Å². The SMILES string of the molecule is CNS(=O)(=O)c1ccc(N)c(Nc2cc(Cl)ccc2Cl)c1. The maximum atomic E-state index is 11.8. The van der Waals surface area contributed by atoms with Crippen molar-refractivity contribution in [2.75, 3.05) is 18.1 Å². The maximum Gasteiger partial charge on any atom is 0.240 e. The lowest BCUT2D eigenvalue weighted by Crippen LogP contribution is -2.18. The second-order valence-electron chi connectivity index (χ2n) is 4.21. The third kappa shape index (κ3) is 3.59. The summed E-state index contributed by atoms with van der Waals surface area (Å²) in [6.07, 6.45) is 0. The average molecular weight is 346 g/mol. The minimum Gasteiger partial charge on any atom is -0.397 e. The third-order valence-corrected chi connectivity index (χ3v) is 4.78. The van der Waals surface area contributed by atoms with Gasteiger partial charge in [0.25, 0.3) is 0 Å². The highest BCUT2D eigenvalue weighted by Gasteiger charge is 2.14. The Kier molecular flexibility index (Phi) is 4.63. The molecule has 0 heterocycles. The lowest BCUT2D eigenvalue weighted by Gasteiger charge is -2.13.